The van der Waals surface area contributed by atoms with Gasteiger partial charge in [-0.2, -0.15) is 0 Å². The largest absolute Gasteiger partial charge is 0.550 e. The number of non-ortho nitro benzene ring substituents is 1. The second-order valence-corrected chi connectivity index (χ2v) is 9.11. The molecule has 0 spiro atoms. The smallest absolute Gasteiger partial charge is 0.269 e. The fourth-order valence-corrected chi connectivity index (χ4v) is 6.16. The molecule has 0 amide bonds. The maximum atomic E-state index is 11.9. The van der Waals surface area contributed by atoms with E-state index in [-0.39, 0.29) is 28.6 Å². The van der Waals surface area contributed by atoms with Crippen LogP contribution in [0.2, 0.25) is 0 Å². The lowest BCUT2D eigenvalue weighted by Gasteiger charge is -2.46. The topological polar surface area (TPSA) is 86.5 Å². The number of carbonyl (C=O) groups excluding carboxylic acids is 1. The number of nitrogens with zero attached hydrogens (tertiary/aromatic N) is 2. The fraction of sp³-hybridized carbons (Fsp3) is 0.632. The van der Waals surface area contributed by atoms with Gasteiger partial charge in [0.15, 0.2) is 0 Å². The summed E-state index contributed by atoms with van der Waals surface area (Å²) in [5.41, 5.74) is 1.83. The van der Waals surface area contributed by atoms with Crippen LogP contribution in [0.3, 0.4) is 0 Å². The first-order valence-corrected chi connectivity index (χ1v) is 8.88. The van der Waals surface area contributed by atoms with Crippen LogP contribution < -0.4 is 10.0 Å². The van der Waals surface area contributed by atoms with Gasteiger partial charge in [-0.15, -0.1) is 0 Å². The van der Waals surface area contributed by atoms with Crippen LogP contribution in [0.1, 0.15) is 45.6 Å². The van der Waals surface area contributed by atoms with Gasteiger partial charge in [-0.1, -0.05) is 20.8 Å². The molecular weight excluding hydrogens is 320 g/mol. The van der Waals surface area contributed by atoms with Crippen LogP contribution in [0, 0.1) is 26.9 Å². The Hall–Kier alpha value is -2.11. The number of hydrogen-bond donors (Lipinski definition) is 0. The predicted molar refractivity (Wildman–Crippen MR) is 91.1 cm³/mol. The van der Waals surface area contributed by atoms with Crippen molar-refractivity contribution in [3.63, 3.8) is 0 Å². The molecule has 1 aromatic rings. The van der Waals surface area contributed by atoms with Gasteiger partial charge in [0.2, 0.25) is 0 Å². The Balaban J connectivity index is 1.87. The molecule has 25 heavy (non-hydrogen) atoms. The lowest BCUT2D eigenvalue weighted by molar-refractivity contribution is -0.384. The molecule has 1 aromatic carbocycles. The molecule has 2 bridgehead atoms. The fourth-order valence-electron chi connectivity index (χ4n) is 6.16. The molecule has 6 heteroatoms. The number of carbonyl (C=O) groups is 1. The highest BCUT2D eigenvalue weighted by molar-refractivity contribution is 5.75. The van der Waals surface area contributed by atoms with Gasteiger partial charge in [0.25, 0.3) is 5.69 Å². The maximum Gasteiger partial charge on any atom is 0.269 e. The number of carboxylic acids is 1. The molecular formula is C19H23N2O4-. The van der Waals surface area contributed by atoms with Gasteiger partial charge in [-0.25, -0.2) is 0 Å². The Bertz CT molecular complexity index is 775. The van der Waals surface area contributed by atoms with E-state index in [9.17, 15) is 20.0 Å². The molecule has 4 atom stereocenters. The third-order valence-corrected chi connectivity index (χ3v) is 6.46. The number of nitro benzene ring substituents is 1. The van der Waals surface area contributed by atoms with Crippen molar-refractivity contribution in [1.29, 1.82) is 0 Å². The van der Waals surface area contributed by atoms with Crippen LogP contribution in [-0.4, -0.2) is 23.0 Å². The van der Waals surface area contributed by atoms with Gasteiger partial charge in [0, 0.05) is 41.8 Å². The molecule has 0 N–H and O–H groups in total. The first-order chi connectivity index (χ1) is 11.6. The Labute approximate surface area is 147 Å². The molecule has 1 saturated heterocycles. The minimum atomic E-state index is -1.04. The molecule has 3 aliphatic rings. The zero-order chi connectivity index (χ0) is 18.1. The summed E-state index contributed by atoms with van der Waals surface area (Å²) < 4.78 is 0. The zero-order valence-corrected chi connectivity index (χ0v) is 14.8. The summed E-state index contributed by atoms with van der Waals surface area (Å²) in [5, 5.41) is 23.1. The Morgan fingerprint density at radius 3 is 2.64 bits per heavy atom. The van der Waals surface area contributed by atoms with E-state index >= 15 is 0 Å². The Kier molecular flexibility index (Phi) is 3.25. The molecule has 0 radical (unpaired) electrons. The number of benzene rings is 1. The lowest BCUT2D eigenvalue weighted by atomic mass is 9.61. The highest BCUT2D eigenvalue weighted by Gasteiger charge is 2.59. The minimum Gasteiger partial charge on any atom is -0.550 e. The van der Waals surface area contributed by atoms with E-state index in [0.29, 0.717) is 6.42 Å². The van der Waals surface area contributed by atoms with Crippen LogP contribution in [0.15, 0.2) is 18.2 Å². The summed E-state index contributed by atoms with van der Waals surface area (Å²) >= 11 is 0. The Morgan fingerprint density at radius 2 is 2.00 bits per heavy atom. The number of hydrogen-bond acceptors (Lipinski definition) is 5. The van der Waals surface area contributed by atoms with Gasteiger partial charge in [0.1, 0.15) is 0 Å². The molecule has 134 valence electrons. The predicted octanol–water partition coefficient (Wildman–Crippen LogP) is 2.29. The normalized spacial score (nSPS) is 35.0. The van der Waals surface area contributed by atoms with Gasteiger partial charge in [-0.05, 0) is 48.1 Å². The molecule has 6 nitrogen and oxygen atoms in total. The van der Waals surface area contributed by atoms with E-state index < -0.39 is 16.8 Å². The zero-order valence-electron chi connectivity index (χ0n) is 14.8. The third-order valence-electron chi connectivity index (χ3n) is 6.46. The molecule has 2 heterocycles. The molecule has 1 saturated carbocycles. The van der Waals surface area contributed by atoms with E-state index in [4.69, 9.17) is 0 Å². The standard InChI is InChI=1S/C19H24N2O4/c1-18(2)8-13-9-19(3,10-18)16-14(17(22)23)7-11-6-12(21(24)25)4-5-15(11)20(13)16/h4-6,13-14,16H,7-10H2,1-3H3,(H,22,23)/p-1/t13-,14-,16+,19-/m0/s1. The van der Waals surface area contributed by atoms with Crippen molar-refractivity contribution in [2.45, 2.75) is 58.5 Å². The van der Waals surface area contributed by atoms with Crippen molar-refractivity contribution >= 4 is 17.3 Å². The lowest BCUT2D eigenvalue weighted by Crippen LogP contribution is -2.54. The van der Waals surface area contributed by atoms with Crippen LogP contribution in [0.4, 0.5) is 11.4 Å². The Morgan fingerprint density at radius 1 is 1.28 bits per heavy atom. The van der Waals surface area contributed by atoms with E-state index in [1.54, 1.807) is 0 Å². The first kappa shape index (κ1) is 16.4. The van der Waals surface area contributed by atoms with Crippen LogP contribution >= 0.6 is 0 Å². The number of anilines is 1. The van der Waals surface area contributed by atoms with Crippen molar-refractivity contribution in [2.24, 2.45) is 16.7 Å². The summed E-state index contributed by atoms with van der Waals surface area (Å²) in [7, 11) is 0. The molecule has 0 aromatic heterocycles. The number of aliphatic carboxylic acids is 1. The molecule has 2 fully saturated rings. The second kappa shape index (κ2) is 4.96. The maximum absolute atomic E-state index is 11.9. The average molecular weight is 343 g/mol. The second-order valence-electron chi connectivity index (χ2n) is 9.11. The molecule has 1 aliphatic carbocycles. The quantitative estimate of drug-likeness (QED) is 0.607. The van der Waals surface area contributed by atoms with E-state index in [1.165, 1.54) is 12.1 Å². The number of rotatable bonds is 2. The van der Waals surface area contributed by atoms with Gasteiger partial charge < -0.3 is 14.8 Å². The van der Waals surface area contributed by atoms with Crippen molar-refractivity contribution in [2.75, 3.05) is 4.90 Å². The highest BCUT2D eigenvalue weighted by atomic mass is 16.6. The molecule has 2 aliphatic heterocycles. The van der Waals surface area contributed by atoms with Crippen molar-refractivity contribution in [3.05, 3.63) is 33.9 Å². The summed E-state index contributed by atoms with van der Waals surface area (Å²) in [5.74, 6) is -1.67. The first-order valence-electron chi connectivity index (χ1n) is 8.88. The number of carboxylic acid groups (broad SMARTS) is 1. The van der Waals surface area contributed by atoms with Crippen LogP contribution in [0.5, 0.6) is 0 Å². The van der Waals surface area contributed by atoms with Crippen LogP contribution in [0.25, 0.3) is 0 Å². The third kappa shape index (κ3) is 2.34. The summed E-state index contributed by atoms with van der Waals surface area (Å²) in [4.78, 5) is 24.9. The summed E-state index contributed by atoms with van der Waals surface area (Å²) in [6, 6.07) is 5.06. The average Bonchev–Trinajstić information content (AvgIpc) is 2.72. The van der Waals surface area contributed by atoms with Crippen molar-refractivity contribution < 1.29 is 14.8 Å². The number of nitro groups is 1. The SMILES string of the molecule is CC1(C)C[C@H]2C[C@@](C)(C1)[C@H]1[C@@H](C(=O)[O-])Cc3cc([N+](=O)[O-])ccc3N21. The monoisotopic (exact) mass is 343 g/mol. The van der Waals surface area contributed by atoms with E-state index in [2.05, 4.69) is 25.7 Å². The highest BCUT2D eigenvalue weighted by Crippen LogP contribution is 2.60. The number of fused-ring (bicyclic) bond motifs is 7. The van der Waals surface area contributed by atoms with E-state index in [0.717, 1.165) is 30.5 Å². The van der Waals surface area contributed by atoms with Crippen molar-refractivity contribution in [1.82, 2.24) is 0 Å². The molecule has 0 unspecified atom stereocenters. The van der Waals surface area contributed by atoms with Crippen molar-refractivity contribution in [3.8, 4) is 0 Å². The minimum absolute atomic E-state index is 0.0167. The summed E-state index contributed by atoms with van der Waals surface area (Å²) in [6.45, 7) is 6.71. The van der Waals surface area contributed by atoms with Gasteiger partial charge >= 0.3 is 0 Å². The van der Waals surface area contributed by atoms with Gasteiger partial charge in [-0.3, -0.25) is 10.1 Å². The van der Waals surface area contributed by atoms with Gasteiger partial charge in [0.05, 0.1) is 4.92 Å². The summed E-state index contributed by atoms with van der Waals surface area (Å²) in [6.07, 6.45) is 3.28. The van der Waals surface area contributed by atoms with Crippen LogP contribution in [-0.2, 0) is 11.2 Å². The molecule has 4 rings (SSSR count). The van der Waals surface area contributed by atoms with E-state index in [1.807, 2.05) is 6.07 Å².